The fourth-order valence-corrected chi connectivity index (χ4v) is 4.42. The van der Waals surface area contributed by atoms with E-state index < -0.39 is 17.1 Å². The number of carbonyl (C=O) groups is 2. The van der Waals surface area contributed by atoms with Crippen LogP contribution in [0.1, 0.15) is 45.1 Å². The predicted molar refractivity (Wildman–Crippen MR) is 116 cm³/mol. The van der Waals surface area contributed by atoms with Crippen LogP contribution in [0.2, 0.25) is 0 Å². The van der Waals surface area contributed by atoms with E-state index in [1.807, 2.05) is 45.0 Å². The number of ether oxygens (including phenoxy) is 2. The molecule has 1 N–H and O–H groups in total. The van der Waals surface area contributed by atoms with Crippen LogP contribution in [-0.4, -0.2) is 77.5 Å². The zero-order chi connectivity index (χ0) is 21.9. The zero-order valence-corrected chi connectivity index (χ0v) is 19.5. The van der Waals surface area contributed by atoms with Gasteiger partial charge < -0.3 is 24.4 Å². The van der Waals surface area contributed by atoms with Gasteiger partial charge in [-0.1, -0.05) is 28.1 Å². The number of amides is 2. The molecule has 0 spiro atoms. The Balaban J connectivity index is 1.75. The van der Waals surface area contributed by atoms with Crippen LogP contribution in [0.15, 0.2) is 28.7 Å². The SMILES string of the molecule is CC(C)(C)OC(=O)N1CCN(C(=O)C(c2cccc(Br)c2)C2(O)CCOCC2)CC1. The van der Waals surface area contributed by atoms with Crippen LogP contribution in [-0.2, 0) is 14.3 Å². The first kappa shape index (κ1) is 23.0. The lowest BCUT2D eigenvalue weighted by Gasteiger charge is -2.42. The molecule has 0 aliphatic carbocycles. The van der Waals surface area contributed by atoms with Gasteiger partial charge in [0.25, 0.3) is 0 Å². The quantitative estimate of drug-likeness (QED) is 0.715. The third kappa shape index (κ3) is 5.53. The summed E-state index contributed by atoms with van der Waals surface area (Å²) in [5, 5.41) is 11.4. The molecule has 8 heteroatoms. The Hall–Kier alpha value is -1.64. The molecule has 1 aromatic carbocycles. The van der Waals surface area contributed by atoms with E-state index >= 15 is 0 Å². The molecule has 0 radical (unpaired) electrons. The number of piperazine rings is 1. The van der Waals surface area contributed by atoms with Gasteiger partial charge in [-0.2, -0.15) is 0 Å². The average Bonchev–Trinajstić information content (AvgIpc) is 2.67. The Kier molecular flexibility index (Phi) is 7.09. The standard InChI is InChI=1S/C22H31BrN2O5/c1-21(2,3)30-20(27)25-11-9-24(10-12-25)19(26)18(16-5-4-6-17(23)15-16)22(28)7-13-29-14-8-22/h4-6,15,18,28H,7-14H2,1-3H3. The highest BCUT2D eigenvalue weighted by Gasteiger charge is 2.45. The first-order valence-electron chi connectivity index (χ1n) is 10.4. The molecule has 30 heavy (non-hydrogen) atoms. The second-order valence-corrected chi connectivity index (χ2v) is 9.91. The van der Waals surface area contributed by atoms with Crippen LogP contribution in [0.25, 0.3) is 0 Å². The van der Waals surface area contributed by atoms with Crippen LogP contribution >= 0.6 is 15.9 Å². The normalized spacial score (nSPS) is 20.6. The zero-order valence-electron chi connectivity index (χ0n) is 17.9. The van der Waals surface area contributed by atoms with Crippen molar-refractivity contribution in [2.75, 3.05) is 39.4 Å². The van der Waals surface area contributed by atoms with Gasteiger partial charge in [-0.05, 0) is 38.5 Å². The van der Waals surface area contributed by atoms with E-state index in [4.69, 9.17) is 9.47 Å². The number of hydrogen-bond donors (Lipinski definition) is 1. The number of aliphatic hydroxyl groups is 1. The summed E-state index contributed by atoms with van der Waals surface area (Å²) in [4.78, 5) is 29.3. The highest BCUT2D eigenvalue weighted by Crippen LogP contribution is 2.38. The van der Waals surface area contributed by atoms with Gasteiger partial charge in [0.05, 0.1) is 11.5 Å². The summed E-state index contributed by atoms with van der Waals surface area (Å²) in [5.41, 5.74) is -0.922. The molecular weight excluding hydrogens is 452 g/mol. The molecule has 2 saturated heterocycles. The predicted octanol–water partition coefficient (Wildman–Crippen LogP) is 3.15. The molecule has 0 bridgehead atoms. The Labute approximate surface area is 186 Å². The van der Waals surface area contributed by atoms with Gasteiger partial charge in [-0.25, -0.2) is 4.79 Å². The van der Waals surface area contributed by atoms with Crippen molar-refractivity contribution in [2.24, 2.45) is 0 Å². The van der Waals surface area contributed by atoms with E-state index in [-0.39, 0.29) is 12.0 Å². The lowest BCUT2D eigenvalue weighted by Crippen LogP contribution is -2.55. The number of rotatable bonds is 3. The maximum Gasteiger partial charge on any atom is 0.410 e. The fourth-order valence-electron chi connectivity index (χ4n) is 4.00. The Bertz CT molecular complexity index is 765. The number of halogens is 1. The molecule has 0 saturated carbocycles. The van der Waals surface area contributed by atoms with Crippen molar-refractivity contribution in [2.45, 2.75) is 50.7 Å². The van der Waals surface area contributed by atoms with E-state index in [1.165, 1.54) is 0 Å². The van der Waals surface area contributed by atoms with Crippen molar-refractivity contribution < 1.29 is 24.2 Å². The van der Waals surface area contributed by atoms with Gasteiger partial charge in [-0.15, -0.1) is 0 Å². The molecule has 2 heterocycles. The molecule has 2 aliphatic heterocycles. The molecule has 7 nitrogen and oxygen atoms in total. The number of carbonyl (C=O) groups excluding carboxylic acids is 2. The Morgan fingerprint density at radius 3 is 2.30 bits per heavy atom. The van der Waals surface area contributed by atoms with E-state index in [2.05, 4.69) is 15.9 Å². The summed E-state index contributed by atoms with van der Waals surface area (Å²) >= 11 is 3.48. The average molecular weight is 483 g/mol. The van der Waals surface area contributed by atoms with Crippen molar-refractivity contribution in [3.63, 3.8) is 0 Å². The van der Waals surface area contributed by atoms with Crippen molar-refractivity contribution in [1.82, 2.24) is 9.80 Å². The summed E-state index contributed by atoms with van der Waals surface area (Å²) in [6, 6.07) is 7.56. The minimum atomic E-state index is -1.15. The summed E-state index contributed by atoms with van der Waals surface area (Å²) < 4.78 is 11.7. The Morgan fingerprint density at radius 1 is 1.13 bits per heavy atom. The first-order chi connectivity index (χ1) is 14.1. The van der Waals surface area contributed by atoms with Crippen LogP contribution in [0.4, 0.5) is 4.79 Å². The van der Waals surface area contributed by atoms with Crippen molar-refractivity contribution in [1.29, 1.82) is 0 Å². The maximum absolute atomic E-state index is 13.6. The molecule has 2 amide bonds. The summed E-state index contributed by atoms with van der Waals surface area (Å²) in [5.74, 6) is -0.784. The summed E-state index contributed by atoms with van der Waals surface area (Å²) in [6.45, 7) is 8.01. The minimum Gasteiger partial charge on any atom is -0.444 e. The van der Waals surface area contributed by atoms with Gasteiger partial charge in [0.2, 0.25) is 5.91 Å². The third-order valence-electron chi connectivity index (χ3n) is 5.57. The van der Waals surface area contributed by atoms with Crippen molar-refractivity contribution >= 4 is 27.9 Å². The second-order valence-electron chi connectivity index (χ2n) is 9.00. The lowest BCUT2D eigenvalue weighted by atomic mass is 9.76. The minimum absolute atomic E-state index is 0.110. The molecule has 3 rings (SSSR count). The molecule has 1 aromatic rings. The highest BCUT2D eigenvalue weighted by molar-refractivity contribution is 9.10. The van der Waals surface area contributed by atoms with Gasteiger partial charge in [0, 0.05) is 56.7 Å². The van der Waals surface area contributed by atoms with E-state index in [9.17, 15) is 14.7 Å². The summed E-state index contributed by atoms with van der Waals surface area (Å²) in [6.07, 6.45) is 0.461. The molecule has 166 valence electrons. The van der Waals surface area contributed by atoms with Gasteiger partial charge >= 0.3 is 6.09 Å². The molecule has 0 aromatic heterocycles. The van der Waals surface area contributed by atoms with Crippen molar-refractivity contribution in [3.8, 4) is 0 Å². The largest absolute Gasteiger partial charge is 0.444 e. The van der Waals surface area contributed by atoms with E-state index in [1.54, 1.807) is 9.80 Å². The van der Waals surface area contributed by atoms with Crippen LogP contribution in [0.3, 0.4) is 0 Å². The Morgan fingerprint density at radius 2 is 1.73 bits per heavy atom. The number of hydrogen-bond acceptors (Lipinski definition) is 5. The molecule has 1 atom stereocenters. The van der Waals surface area contributed by atoms with E-state index in [0.717, 1.165) is 10.0 Å². The molecule has 2 aliphatic rings. The third-order valence-corrected chi connectivity index (χ3v) is 6.06. The second kappa shape index (κ2) is 9.24. The lowest BCUT2D eigenvalue weighted by molar-refractivity contribution is -0.147. The molecular formula is C22H31BrN2O5. The van der Waals surface area contributed by atoms with Crippen LogP contribution in [0, 0.1) is 0 Å². The maximum atomic E-state index is 13.6. The smallest absolute Gasteiger partial charge is 0.410 e. The van der Waals surface area contributed by atoms with Gasteiger partial charge in [-0.3, -0.25) is 4.79 Å². The van der Waals surface area contributed by atoms with Gasteiger partial charge in [0.15, 0.2) is 0 Å². The fraction of sp³-hybridized carbons (Fsp3) is 0.636. The summed E-state index contributed by atoms with van der Waals surface area (Å²) in [7, 11) is 0. The van der Waals surface area contributed by atoms with Crippen LogP contribution in [0.5, 0.6) is 0 Å². The van der Waals surface area contributed by atoms with Crippen LogP contribution < -0.4 is 0 Å². The van der Waals surface area contributed by atoms with Crippen molar-refractivity contribution in [3.05, 3.63) is 34.3 Å². The van der Waals surface area contributed by atoms with Gasteiger partial charge in [0.1, 0.15) is 5.60 Å². The number of benzene rings is 1. The topological polar surface area (TPSA) is 79.3 Å². The first-order valence-corrected chi connectivity index (χ1v) is 11.2. The molecule has 1 unspecified atom stereocenters. The highest BCUT2D eigenvalue weighted by atomic mass is 79.9. The monoisotopic (exact) mass is 482 g/mol. The van der Waals surface area contributed by atoms with E-state index in [0.29, 0.717) is 52.2 Å². The molecule has 2 fully saturated rings. The number of nitrogens with zero attached hydrogens (tertiary/aromatic N) is 2.